The highest BCUT2D eigenvalue weighted by atomic mass is 35.5. The Labute approximate surface area is 209 Å². The number of aromatic nitrogens is 1. The molecule has 2 aromatic carbocycles. The van der Waals surface area contributed by atoms with Gasteiger partial charge in [0.2, 0.25) is 0 Å². The molecule has 0 atom stereocenters. The van der Waals surface area contributed by atoms with Crippen LogP contribution in [0.4, 0.5) is 11.4 Å². The quantitative estimate of drug-likeness (QED) is 0.451. The minimum atomic E-state index is -0.333. The lowest BCUT2D eigenvalue weighted by atomic mass is 9.97. The van der Waals surface area contributed by atoms with Crippen LogP contribution in [0.5, 0.6) is 0 Å². The van der Waals surface area contributed by atoms with E-state index in [1.165, 1.54) is 6.07 Å². The monoisotopic (exact) mass is 496 g/mol. The molecule has 1 fully saturated rings. The molecule has 176 valence electrons. The van der Waals surface area contributed by atoms with Crippen molar-refractivity contribution >= 4 is 46.4 Å². The molecule has 2 amide bonds. The molecule has 1 saturated heterocycles. The smallest absolute Gasteiger partial charge is 0.255 e. The molecule has 34 heavy (non-hydrogen) atoms. The largest absolute Gasteiger partial charge is 0.371 e. The second kappa shape index (κ2) is 10.9. The number of nitrogens with zero attached hydrogens (tertiary/aromatic N) is 2. The van der Waals surface area contributed by atoms with Crippen LogP contribution in [0.2, 0.25) is 10.0 Å². The third kappa shape index (κ3) is 5.88. The van der Waals surface area contributed by atoms with Gasteiger partial charge in [-0.25, -0.2) is 0 Å². The van der Waals surface area contributed by atoms with Gasteiger partial charge in [0, 0.05) is 49.0 Å². The topological polar surface area (TPSA) is 74.3 Å². The number of hydrogen-bond donors (Lipinski definition) is 2. The molecule has 8 heteroatoms. The normalized spacial score (nSPS) is 14.0. The highest BCUT2D eigenvalue weighted by molar-refractivity contribution is 6.42. The molecule has 1 aliphatic heterocycles. The second-order valence-electron chi connectivity index (χ2n) is 8.53. The van der Waals surface area contributed by atoms with E-state index in [-0.39, 0.29) is 11.8 Å². The maximum Gasteiger partial charge on any atom is 0.255 e. The first kappa shape index (κ1) is 24.0. The Bertz CT molecular complexity index is 1180. The first-order valence-electron chi connectivity index (χ1n) is 11.2. The number of piperidine rings is 1. The van der Waals surface area contributed by atoms with Gasteiger partial charge in [0.15, 0.2) is 0 Å². The van der Waals surface area contributed by atoms with Gasteiger partial charge in [-0.15, -0.1) is 0 Å². The van der Waals surface area contributed by atoms with E-state index < -0.39 is 0 Å². The first-order chi connectivity index (χ1) is 16.4. The lowest BCUT2D eigenvalue weighted by molar-refractivity contribution is 0.0950. The lowest BCUT2D eigenvalue weighted by Crippen LogP contribution is -2.35. The Kier molecular flexibility index (Phi) is 7.70. The highest BCUT2D eigenvalue weighted by Gasteiger charge is 2.22. The number of carbonyl (C=O) groups excluding carboxylic acids is 2. The number of carbonyl (C=O) groups is 2. The Morgan fingerprint density at radius 1 is 1.03 bits per heavy atom. The number of rotatable bonds is 6. The van der Waals surface area contributed by atoms with Crippen molar-refractivity contribution < 1.29 is 9.59 Å². The van der Waals surface area contributed by atoms with Crippen molar-refractivity contribution in [3.05, 3.63) is 87.7 Å². The maximum atomic E-state index is 13.2. The van der Waals surface area contributed by atoms with Gasteiger partial charge in [0.05, 0.1) is 15.6 Å². The van der Waals surface area contributed by atoms with Gasteiger partial charge >= 0.3 is 0 Å². The summed E-state index contributed by atoms with van der Waals surface area (Å²) < 4.78 is 0. The Morgan fingerprint density at radius 2 is 1.82 bits per heavy atom. The summed E-state index contributed by atoms with van der Waals surface area (Å²) in [5, 5.41) is 6.53. The van der Waals surface area contributed by atoms with E-state index in [1.54, 1.807) is 30.6 Å². The number of benzene rings is 2. The van der Waals surface area contributed by atoms with Gasteiger partial charge in [-0.3, -0.25) is 14.6 Å². The number of amides is 2. The molecule has 2 N–H and O–H groups in total. The standard InChI is InChI=1S/C26H26Cl2N4O2/c1-17-8-11-32(12-9-17)24-7-5-20(31-25(33)19-4-6-22(27)23(28)13-19)14-21(24)26(34)30-16-18-3-2-10-29-15-18/h2-7,10,13-15,17H,8-9,11-12,16H2,1H3,(H,30,34)(H,31,33). The Hall–Kier alpha value is -3.09. The number of hydrogen-bond acceptors (Lipinski definition) is 4. The van der Waals surface area contributed by atoms with Crippen LogP contribution in [0.3, 0.4) is 0 Å². The zero-order chi connectivity index (χ0) is 24.1. The Balaban J connectivity index is 1.57. The number of halogens is 2. The van der Waals surface area contributed by atoms with Gasteiger partial charge in [0.1, 0.15) is 0 Å². The lowest BCUT2D eigenvalue weighted by Gasteiger charge is -2.33. The summed E-state index contributed by atoms with van der Waals surface area (Å²) in [5.74, 6) is 0.131. The molecule has 2 heterocycles. The molecule has 1 aromatic heterocycles. The van der Waals surface area contributed by atoms with E-state index in [0.29, 0.717) is 39.3 Å². The summed E-state index contributed by atoms with van der Waals surface area (Å²) in [6.07, 6.45) is 5.57. The third-order valence-electron chi connectivity index (χ3n) is 5.98. The van der Waals surface area contributed by atoms with Crippen LogP contribution in [0.25, 0.3) is 0 Å². The molecule has 4 rings (SSSR count). The molecule has 1 aliphatic rings. The fourth-order valence-corrected chi connectivity index (χ4v) is 4.24. The van der Waals surface area contributed by atoms with E-state index in [4.69, 9.17) is 23.2 Å². The van der Waals surface area contributed by atoms with E-state index in [0.717, 1.165) is 37.2 Å². The van der Waals surface area contributed by atoms with Gasteiger partial charge in [0.25, 0.3) is 11.8 Å². The summed E-state index contributed by atoms with van der Waals surface area (Å²) in [5.41, 5.74) is 3.20. The maximum absolute atomic E-state index is 13.2. The zero-order valence-corrected chi connectivity index (χ0v) is 20.4. The van der Waals surface area contributed by atoms with E-state index >= 15 is 0 Å². The van der Waals surface area contributed by atoms with E-state index in [9.17, 15) is 9.59 Å². The van der Waals surface area contributed by atoms with Crippen molar-refractivity contribution in [2.24, 2.45) is 5.92 Å². The van der Waals surface area contributed by atoms with Crippen molar-refractivity contribution in [2.45, 2.75) is 26.3 Å². The molecular weight excluding hydrogens is 471 g/mol. The molecule has 0 radical (unpaired) electrons. The minimum Gasteiger partial charge on any atom is -0.371 e. The minimum absolute atomic E-state index is 0.205. The van der Waals surface area contributed by atoms with Crippen LogP contribution >= 0.6 is 23.2 Å². The second-order valence-corrected chi connectivity index (χ2v) is 9.34. The fraction of sp³-hybridized carbons (Fsp3) is 0.269. The molecule has 0 saturated carbocycles. The van der Waals surface area contributed by atoms with Crippen LogP contribution in [-0.4, -0.2) is 29.9 Å². The van der Waals surface area contributed by atoms with Crippen LogP contribution < -0.4 is 15.5 Å². The van der Waals surface area contributed by atoms with Crippen LogP contribution in [-0.2, 0) is 6.54 Å². The van der Waals surface area contributed by atoms with Crippen molar-refractivity contribution in [1.29, 1.82) is 0 Å². The average molecular weight is 497 g/mol. The summed E-state index contributed by atoms with van der Waals surface area (Å²) >= 11 is 12.0. The molecule has 0 spiro atoms. The predicted molar refractivity (Wildman–Crippen MR) is 137 cm³/mol. The predicted octanol–water partition coefficient (Wildman–Crippen LogP) is 5.81. The van der Waals surface area contributed by atoms with Gasteiger partial charge in [-0.2, -0.15) is 0 Å². The first-order valence-corrected chi connectivity index (χ1v) is 12.0. The van der Waals surface area contributed by atoms with Crippen LogP contribution in [0.15, 0.2) is 60.9 Å². The van der Waals surface area contributed by atoms with Crippen molar-refractivity contribution in [2.75, 3.05) is 23.3 Å². The SMILES string of the molecule is CC1CCN(c2ccc(NC(=O)c3ccc(Cl)c(Cl)c3)cc2C(=O)NCc2cccnc2)CC1. The summed E-state index contributed by atoms with van der Waals surface area (Å²) in [4.78, 5) is 32.3. The number of nitrogens with one attached hydrogen (secondary N) is 2. The van der Waals surface area contributed by atoms with Crippen molar-refractivity contribution in [3.63, 3.8) is 0 Å². The fourth-order valence-electron chi connectivity index (χ4n) is 3.94. The average Bonchev–Trinajstić information content (AvgIpc) is 2.85. The third-order valence-corrected chi connectivity index (χ3v) is 6.72. The highest BCUT2D eigenvalue weighted by Crippen LogP contribution is 2.29. The molecule has 0 bridgehead atoms. The summed E-state index contributed by atoms with van der Waals surface area (Å²) in [6, 6.07) is 13.9. The summed E-state index contributed by atoms with van der Waals surface area (Å²) in [7, 11) is 0. The van der Waals surface area contributed by atoms with Crippen LogP contribution in [0, 0.1) is 5.92 Å². The molecule has 0 aliphatic carbocycles. The van der Waals surface area contributed by atoms with E-state index in [1.807, 2.05) is 24.3 Å². The van der Waals surface area contributed by atoms with Crippen molar-refractivity contribution in [1.82, 2.24) is 10.3 Å². The van der Waals surface area contributed by atoms with Gasteiger partial charge in [-0.1, -0.05) is 36.2 Å². The summed E-state index contributed by atoms with van der Waals surface area (Å²) in [6.45, 7) is 4.39. The number of pyridine rings is 1. The molecular formula is C26H26Cl2N4O2. The zero-order valence-electron chi connectivity index (χ0n) is 18.9. The Morgan fingerprint density at radius 3 is 2.53 bits per heavy atom. The van der Waals surface area contributed by atoms with E-state index in [2.05, 4.69) is 27.4 Å². The van der Waals surface area contributed by atoms with Gasteiger partial charge < -0.3 is 15.5 Å². The van der Waals surface area contributed by atoms with Gasteiger partial charge in [-0.05, 0) is 66.8 Å². The molecule has 0 unspecified atom stereocenters. The van der Waals surface area contributed by atoms with Crippen molar-refractivity contribution in [3.8, 4) is 0 Å². The molecule has 3 aromatic rings. The number of anilines is 2. The van der Waals surface area contributed by atoms with Crippen LogP contribution in [0.1, 0.15) is 46.0 Å². The molecule has 6 nitrogen and oxygen atoms in total.